The molecule has 0 aromatic rings. The first-order valence-corrected chi connectivity index (χ1v) is 5.27. The zero-order chi connectivity index (χ0) is 7.11. The number of hydrogen-bond donors (Lipinski definition) is 2. The Morgan fingerprint density at radius 1 is 1.11 bits per heavy atom. The molecule has 0 aromatic carbocycles. The fourth-order valence-electron chi connectivity index (χ4n) is 0.633. The van der Waals surface area contributed by atoms with E-state index in [0.29, 0.717) is 10.9 Å². The van der Waals surface area contributed by atoms with Crippen molar-refractivity contribution >= 4 is 10.9 Å². The molecule has 0 saturated heterocycles. The van der Waals surface area contributed by atoms with Crippen LogP contribution in [0.15, 0.2) is 0 Å². The zero-order valence-electron chi connectivity index (χ0n) is 6.10. The predicted molar refractivity (Wildman–Crippen MR) is 45.7 cm³/mol. The van der Waals surface area contributed by atoms with Gasteiger partial charge in [-0.3, -0.25) is 0 Å². The summed E-state index contributed by atoms with van der Waals surface area (Å²) in [6.45, 7) is 1.64. The van der Waals surface area contributed by atoms with E-state index >= 15 is 0 Å². The molecule has 0 saturated carbocycles. The van der Waals surface area contributed by atoms with Gasteiger partial charge in [-0.1, -0.05) is 0 Å². The van der Waals surface area contributed by atoms with Gasteiger partial charge in [-0.05, 0) is 17.4 Å². The normalized spacial score (nSPS) is 13.7. The van der Waals surface area contributed by atoms with E-state index in [0.717, 1.165) is 19.5 Å². The third-order valence-electron chi connectivity index (χ3n) is 1.16. The summed E-state index contributed by atoms with van der Waals surface area (Å²) in [6.07, 6.45) is 3.40. The van der Waals surface area contributed by atoms with Crippen LogP contribution in [0.4, 0.5) is 0 Å². The van der Waals surface area contributed by atoms with E-state index in [2.05, 4.69) is 6.26 Å². The Kier molecular flexibility index (Phi) is 6.58. The SMILES string of the molecule is C[S+](CCN)CCCN. The van der Waals surface area contributed by atoms with Gasteiger partial charge in [0.2, 0.25) is 0 Å². The van der Waals surface area contributed by atoms with Gasteiger partial charge < -0.3 is 11.5 Å². The molecule has 0 aliphatic rings. The third kappa shape index (κ3) is 6.15. The zero-order valence-corrected chi connectivity index (χ0v) is 6.91. The minimum Gasteiger partial charge on any atom is -0.330 e. The van der Waals surface area contributed by atoms with Gasteiger partial charge in [0.1, 0.15) is 11.5 Å². The summed E-state index contributed by atoms with van der Waals surface area (Å²) >= 11 is 0. The Morgan fingerprint density at radius 2 is 1.78 bits per heavy atom. The molecule has 56 valence electrons. The molecule has 0 bridgehead atoms. The van der Waals surface area contributed by atoms with E-state index < -0.39 is 0 Å². The van der Waals surface area contributed by atoms with Crippen molar-refractivity contribution in [2.24, 2.45) is 11.5 Å². The van der Waals surface area contributed by atoms with E-state index in [1.807, 2.05) is 0 Å². The number of nitrogens with two attached hydrogens (primary N) is 2. The van der Waals surface area contributed by atoms with Crippen LogP contribution in [0.25, 0.3) is 0 Å². The number of hydrogen-bond acceptors (Lipinski definition) is 2. The number of rotatable bonds is 5. The highest BCUT2D eigenvalue weighted by atomic mass is 32.2. The van der Waals surface area contributed by atoms with Crippen molar-refractivity contribution in [2.75, 3.05) is 30.9 Å². The van der Waals surface area contributed by atoms with Crippen LogP contribution in [0.3, 0.4) is 0 Å². The summed E-state index contributed by atoms with van der Waals surface area (Å²) in [5.41, 5.74) is 10.7. The van der Waals surface area contributed by atoms with E-state index in [1.54, 1.807) is 0 Å². The largest absolute Gasteiger partial charge is 0.330 e. The lowest BCUT2D eigenvalue weighted by molar-refractivity contribution is 0.938. The van der Waals surface area contributed by atoms with Gasteiger partial charge >= 0.3 is 0 Å². The van der Waals surface area contributed by atoms with Crippen molar-refractivity contribution < 1.29 is 0 Å². The average molecular weight is 149 g/mol. The summed E-state index contributed by atoms with van der Waals surface area (Å²) in [5.74, 6) is 2.42. The van der Waals surface area contributed by atoms with Gasteiger partial charge in [-0.2, -0.15) is 0 Å². The molecule has 0 aliphatic heterocycles. The van der Waals surface area contributed by atoms with Crippen LogP contribution in [0.1, 0.15) is 6.42 Å². The molecule has 0 amide bonds. The summed E-state index contributed by atoms with van der Waals surface area (Å²) in [7, 11) is 0.525. The highest BCUT2D eigenvalue weighted by Gasteiger charge is 2.06. The Bertz CT molecular complexity index is 59.0. The molecule has 0 rings (SSSR count). The molecule has 3 heteroatoms. The summed E-state index contributed by atoms with van der Waals surface area (Å²) in [5, 5.41) is 0. The van der Waals surface area contributed by atoms with Crippen LogP contribution in [-0.4, -0.2) is 30.9 Å². The van der Waals surface area contributed by atoms with Crippen molar-refractivity contribution in [3.8, 4) is 0 Å². The highest BCUT2D eigenvalue weighted by molar-refractivity contribution is 7.96. The summed E-state index contributed by atoms with van der Waals surface area (Å²) < 4.78 is 0. The summed E-state index contributed by atoms with van der Waals surface area (Å²) in [4.78, 5) is 0. The maximum Gasteiger partial charge on any atom is 0.120 e. The Hall–Kier alpha value is 0.270. The fraction of sp³-hybridized carbons (Fsp3) is 1.00. The molecule has 2 nitrogen and oxygen atoms in total. The topological polar surface area (TPSA) is 52.0 Å². The van der Waals surface area contributed by atoms with E-state index in [9.17, 15) is 0 Å². The smallest absolute Gasteiger partial charge is 0.120 e. The van der Waals surface area contributed by atoms with Crippen LogP contribution < -0.4 is 11.5 Å². The molecular weight excluding hydrogens is 132 g/mol. The fourth-order valence-corrected chi connectivity index (χ4v) is 1.90. The second-order valence-corrected chi connectivity index (χ2v) is 4.50. The van der Waals surface area contributed by atoms with Gasteiger partial charge in [0.05, 0.1) is 6.26 Å². The van der Waals surface area contributed by atoms with Gasteiger partial charge in [-0.25, -0.2) is 0 Å². The first kappa shape index (κ1) is 9.27. The minimum absolute atomic E-state index is 0.525. The van der Waals surface area contributed by atoms with Crippen LogP contribution in [0.2, 0.25) is 0 Å². The van der Waals surface area contributed by atoms with Gasteiger partial charge in [0.15, 0.2) is 0 Å². The molecule has 0 aliphatic carbocycles. The van der Waals surface area contributed by atoms with E-state index in [4.69, 9.17) is 11.5 Å². The maximum absolute atomic E-state index is 5.38. The molecule has 1 unspecified atom stereocenters. The van der Waals surface area contributed by atoms with Crippen LogP contribution >= 0.6 is 0 Å². The second kappa shape index (κ2) is 6.39. The predicted octanol–water partition coefficient (Wildman–Crippen LogP) is -0.458. The van der Waals surface area contributed by atoms with Gasteiger partial charge in [0.25, 0.3) is 0 Å². The first-order chi connectivity index (χ1) is 4.31. The molecule has 1 atom stereocenters. The van der Waals surface area contributed by atoms with Crippen molar-refractivity contribution in [3.63, 3.8) is 0 Å². The Morgan fingerprint density at radius 3 is 2.22 bits per heavy atom. The van der Waals surface area contributed by atoms with Crippen LogP contribution in [0, 0.1) is 0 Å². The third-order valence-corrected chi connectivity index (χ3v) is 3.08. The van der Waals surface area contributed by atoms with Crippen molar-refractivity contribution in [2.45, 2.75) is 6.42 Å². The Labute approximate surface area is 60.3 Å². The monoisotopic (exact) mass is 149 g/mol. The molecule has 0 spiro atoms. The van der Waals surface area contributed by atoms with Crippen LogP contribution in [-0.2, 0) is 10.9 Å². The van der Waals surface area contributed by atoms with Crippen molar-refractivity contribution in [3.05, 3.63) is 0 Å². The molecular formula is C6H17N2S+. The van der Waals surface area contributed by atoms with E-state index in [-0.39, 0.29) is 0 Å². The average Bonchev–Trinajstić information content (AvgIpc) is 1.85. The Balaban J connectivity index is 2.95. The molecule has 0 heterocycles. The van der Waals surface area contributed by atoms with Crippen molar-refractivity contribution in [1.82, 2.24) is 0 Å². The first-order valence-electron chi connectivity index (χ1n) is 3.30. The second-order valence-electron chi connectivity index (χ2n) is 2.12. The molecule has 4 N–H and O–H groups in total. The van der Waals surface area contributed by atoms with Crippen LogP contribution in [0.5, 0.6) is 0 Å². The van der Waals surface area contributed by atoms with Crippen molar-refractivity contribution in [1.29, 1.82) is 0 Å². The standard InChI is InChI=1S/C6H17N2S/c1-9(6-4-8)5-2-3-7/h2-8H2,1H3/q+1. The maximum atomic E-state index is 5.38. The molecule has 9 heavy (non-hydrogen) atoms. The lowest BCUT2D eigenvalue weighted by Crippen LogP contribution is -2.19. The summed E-state index contributed by atoms with van der Waals surface area (Å²) in [6, 6.07) is 0. The quantitative estimate of drug-likeness (QED) is 0.520. The lowest BCUT2D eigenvalue weighted by Gasteiger charge is -1.98. The van der Waals surface area contributed by atoms with Gasteiger partial charge in [-0.15, -0.1) is 0 Å². The molecule has 0 aromatic heterocycles. The van der Waals surface area contributed by atoms with Gasteiger partial charge in [0, 0.05) is 13.0 Å². The molecule has 0 fully saturated rings. The molecule has 0 radical (unpaired) electrons. The van der Waals surface area contributed by atoms with E-state index in [1.165, 1.54) is 11.5 Å². The highest BCUT2D eigenvalue weighted by Crippen LogP contribution is 1.91. The lowest BCUT2D eigenvalue weighted by atomic mass is 10.5. The minimum atomic E-state index is 0.525.